The van der Waals surface area contributed by atoms with E-state index in [1.165, 1.54) is 0 Å². The summed E-state index contributed by atoms with van der Waals surface area (Å²) in [5.74, 6) is 0.631. The van der Waals surface area contributed by atoms with Crippen LogP contribution in [0.3, 0.4) is 0 Å². The van der Waals surface area contributed by atoms with Gasteiger partial charge in [0.1, 0.15) is 0 Å². The van der Waals surface area contributed by atoms with E-state index in [1.807, 2.05) is 30.3 Å². The van der Waals surface area contributed by atoms with Crippen molar-refractivity contribution < 1.29 is 0 Å². The molecule has 0 aliphatic rings. The molecular weight excluding hydrogens is 339 g/mol. The Bertz CT molecular complexity index is 884. The van der Waals surface area contributed by atoms with Gasteiger partial charge in [-0.25, -0.2) is 5.10 Å². The number of aromatic amines is 1. The van der Waals surface area contributed by atoms with Crippen molar-refractivity contribution in [2.45, 2.75) is 0 Å². The van der Waals surface area contributed by atoms with E-state index >= 15 is 0 Å². The fourth-order valence-electron chi connectivity index (χ4n) is 1.90. The van der Waals surface area contributed by atoms with Gasteiger partial charge in [-0.1, -0.05) is 59.6 Å². The summed E-state index contributed by atoms with van der Waals surface area (Å²) in [7, 11) is 0. The largest absolute Gasteiger partial charge is 0.250 e. The second kappa shape index (κ2) is 6.44. The van der Waals surface area contributed by atoms with E-state index < -0.39 is 0 Å². The predicted octanol–water partition coefficient (Wildman–Crippen LogP) is 4.80. The lowest BCUT2D eigenvalue weighted by molar-refractivity contribution is 0.871. The van der Waals surface area contributed by atoms with Crippen molar-refractivity contribution in [2.75, 3.05) is 0 Å². The molecule has 3 rings (SSSR count). The maximum absolute atomic E-state index is 6.13. The minimum atomic E-state index is 0.403. The van der Waals surface area contributed by atoms with E-state index in [9.17, 15) is 0 Å². The molecule has 0 saturated heterocycles. The first-order valence-electron chi connectivity index (χ1n) is 6.37. The van der Waals surface area contributed by atoms with Crippen LogP contribution in [-0.2, 0) is 0 Å². The molecule has 1 N–H and O–H groups in total. The number of hydrogen-bond donors (Lipinski definition) is 1. The molecule has 0 aliphatic carbocycles. The van der Waals surface area contributed by atoms with Crippen LogP contribution in [0.25, 0.3) is 11.4 Å². The highest BCUT2D eigenvalue weighted by Crippen LogP contribution is 2.20. The van der Waals surface area contributed by atoms with E-state index in [-0.39, 0.29) is 0 Å². The predicted molar refractivity (Wildman–Crippen MR) is 92.3 cm³/mol. The molecule has 1 heterocycles. The second-order valence-electron chi connectivity index (χ2n) is 4.44. The number of H-pyrrole nitrogens is 1. The molecule has 0 radical (unpaired) electrons. The zero-order chi connectivity index (χ0) is 15.5. The van der Waals surface area contributed by atoms with Crippen LogP contribution < -0.4 is 0 Å². The maximum Gasteiger partial charge on any atom is 0.216 e. The average molecular weight is 349 g/mol. The molecule has 2 aromatic carbocycles. The van der Waals surface area contributed by atoms with E-state index in [4.69, 9.17) is 35.4 Å². The van der Waals surface area contributed by atoms with Crippen molar-refractivity contribution in [1.82, 2.24) is 14.9 Å². The van der Waals surface area contributed by atoms with E-state index in [0.717, 1.165) is 11.1 Å². The summed E-state index contributed by atoms with van der Waals surface area (Å²) in [5, 5.41) is 12.4. The van der Waals surface area contributed by atoms with Gasteiger partial charge in [0, 0.05) is 16.1 Å². The van der Waals surface area contributed by atoms with Gasteiger partial charge in [-0.2, -0.15) is 14.9 Å². The van der Waals surface area contributed by atoms with Crippen LogP contribution in [-0.4, -0.2) is 21.1 Å². The fraction of sp³-hybridized carbons (Fsp3) is 0. The quantitative estimate of drug-likeness (QED) is 0.545. The van der Waals surface area contributed by atoms with E-state index in [2.05, 4.69) is 15.3 Å². The number of nitrogens with one attached hydrogen (secondary N) is 1. The molecule has 0 aliphatic heterocycles. The third-order valence-electron chi connectivity index (χ3n) is 2.96. The number of aromatic nitrogens is 3. The van der Waals surface area contributed by atoms with Gasteiger partial charge >= 0.3 is 0 Å². The zero-order valence-corrected chi connectivity index (χ0v) is 13.5. The van der Waals surface area contributed by atoms with Gasteiger partial charge in [0.05, 0.1) is 11.2 Å². The van der Waals surface area contributed by atoms with Gasteiger partial charge in [-0.15, -0.1) is 0 Å². The van der Waals surface area contributed by atoms with Crippen LogP contribution >= 0.6 is 35.4 Å². The first-order chi connectivity index (χ1) is 10.6. The molecule has 0 spiro atoms. The Kier molecular flexibility index (Phi) is 4.38. The van der Waals surface area contributed by atoms with Crippen LogP contribution in [0.1, 0.15) is 5.56 Å². The highest BCUT2D eigenvalue weighted by Gasteiger charge is 2.07. The first-order valence-corrected chi connectivity index (χ1v) is 7.54. The second-order valence-corrected chi connectivity index (χ2v) is 5.67. The Labute approximate surface area is 142 Å². The summed E-state index contributed by atoms with van der Waals surface area (Å²) in [6, 6.07) is 14.9. The molecule has 0 saturated carbocycles. The summed E-state index contributed by atoms with van der Waals surface area (Å²) in [6.07, 6.45) is 1.62. The van der Waals surface area contributed by atoms with Crippen molar-refractivity contribution in [3.8, 4) is 11.4 Å². The van der Waals surface area contributed by atoms with Gasteiger partial charge in [0.15, 0.2) is 5.82 Å². The third kappa shape index (κ3) is 3.11. The molecule has 4 nitrogen and oxygen atoms in total. The molecule has 7 heteroatoms. The van der Waals surface area contributed by atoms with Gasteiger partial charge in [0.2, 0.25) is 4.77 Å². The number of halogens is 2. The topological polar surface area (TPSA) is 46.0 Å². The molecule has 0 unspecified atom stereocenters. The Morgan fingerprint density at radius 1 is 1.14 bits per heavy atom. The summed E-state index contributed by atoms with van der Waals surface area (Å²) < 4.78 is 1.95. The van der Waals surface area contributed by atoms with Gasteiger partial charge in [-0.3, -0.25) is 0 Å². The SMILES string of the molecule is S=c1[nH]nc(-c2ccccc2)n1/N=C/c1ccc(Cl)cc1Cl. The molecule has 110 valence electrons. The number of rotatable bonds is 3. The lowest BCUT2D eigenvalue weighted by Crippen LogP contribution is -1.95. The zero-order valence-electron chi connectivity index (χ0n) is 11.2. The Hall–Kier alpha value is -1.95. The summed E-state index contributed by atoms with van der Waals surface area (Å²) in [4.78, 5) is 0. The monoisotopic (exact) mass is 348 g/mol. The molecule has 0 atom stereocenters. The van der Waals surface area contributed by atoms with E-state index in [1.54, 1.807) is 29.1 Å². The smallest absolute Gasteiger partial charge is 0.216 e. The van der Waals surface area contributed by atoms with Crippen LogP contribution in [0.5, 0.6) is 0 Å². The third-order valence-corrected chi connectivity index (χ3v) is 3.78. The molecule has 0 fully saturated rings. The van der Waals surface area contributed by atoms with Gasteiger partial charge < -0.3 is 0 Å². The molecule has 1 aromatic heterocycles. The molecular formula is C15H10Cl2N4S. The lowest BCUT2D eigenvalue weighted by Gasteiger charge is -2.01. The van der Waals surface area contributed by atoms with Crippen molar-refractivity contribution in [1.29, 1.82) is 0 Å². The van der Waals surface area contributed by atoms with Crippen LogP contribution in [0.2, 0.25) is 10.0 Å². The van der Waals surface area contributed by atoms with Crippen LogP contribution in [0.4, 0.5) is 0 Å². The number of hydrogen-bond acceptors (Lipinski definition) is 3. The molecule has 0 amide bonds. The summed E-state index contributed by atoms with van der Waals surface area (Å²) >= 11 is 17.2. The Morgan fingerprint density at radius 2 is 1.91 bits per heavy atom. The van der Waals surface area contributed by atoms with Crippen molar-refractivity contribution in [2.24, 2.45) is 5.10 Å². The van der Waals surface area contributed by atoms with Crippen molar-refractivity contribution in [3.05, 3.63) is 68.9 Å². The molecule has 3 aromatic rings. The lowest BCUT2D eigenvalue weighted by atomic mass is 10.2. The van der Waals surface area contributed by atoms with E-state index in [0.29, 0.717) is 20.6 Å². The standard InChI is InChI=1S/C15H10Cl2N4S/c16-12-7-6-11(13(17)8-12)9-18-21-14(19-20-15(21)22)10-4-2-1-3-5-10/h1-9H,(H,20,22)/b18-9+. The minimum absolute atomic E-state index is 0.403. The average Bonchev–Trinajstić information content (AvgIpc) is 2.88. The highest BCUT2D eigenvalue weighted by atomic mass is 35.5. The molecule has 22 heavy (non-hydrogen) atoms. The molecule has 0 bridgehead atoms. The number of nitrogens with zero attached hydrogens (tertiary/aromatic N) is 3. The minimum Gasteiger partial charge on any atom is -0.250 e. The van der Waals surface area contributed by atoms with Crippen LogP contribution in [0.15, 0.2) is 53.6 Å². The van der Waals surface area contributed by atoms with Gasteiger partial charge in [-0.05, 0) is 24.4 Å². The summed E-state index contributed by atoms with van der Waals surface area (Å²) in [6.45, 7) is 0. The Morgan fingerprint density at radius 3 is 2.64 bits per heavy atom. The van der Waals surface area contributed by atoms with Crippen molar-refractivity contribution >= 4 is 41.6 Å². The maximum atomic E-state index is 6.13. The van der Waals surface area contributed by atoms with Crippen LogP contribution in [0, 0.1) is 4.77 Å². The first kappa shape index (κ1) is 15.0. The van der Waals surface area contributed by atoms with Gasteiger partial charge in [0.25, 0.3) is 0 Å². The van der Waals surface area contributed by atoms with Crippen molar-refractivity contribution in [3.63, 3.8) is 0 Å². The Balaban J connectivity index is 2.01. The summed E-state index contributed by atoms with van der Waals surface area (Å²) in [5.41, 5.74) is 1.65. The fourth-order valence-corrected chi connectivity index (χ4v) is 2.54. The number of benzene rings is 2. The highest BCUT2D eigenvalue weighted by molar-refractivity contribution is 7.71. The normalized spacial score (nSPS) is 11.2.